The summed E-state index contributed by atoms with van der Waals surface area (Å²) in [5.41, 5.74) is 2.14. The molecule has 6 aromatic rings. The van der Waals surface area contributed by atoms with Gasteiger partial charge in [0.15, 0.2) is 0 Å². The van der Waals surface area contributed by atoms with Crippen molar-refractivity contribution >= 4 is 72.4 Å². The van der Waals surface area contributed by atoms with Crippen molar-refractivity contribution in [3.63, 3.8) is 0 Å². The minimum atomic E-state index is -0.472. The van der Waals surface area contributed by atoms with Crippen molar-refractivity contribution in [2.75, 3.05) is 19.1 Å². The smallest absolute Gasteiger partial charge is 0.266 e. The number of benzene rings is 6. The molecule has 0 saturated carbocycles. The fraction of sp³-hybridized carbons (Fsp3) is 0.333. The van der Waals surface area contributed by atoms with E-state index in [0.717, 1.165) is 101 Å². The second-order valence-electron chi connectivity index (χ2n) is 14.4. The van der Waals surface area contributed by atoms with Crippen LogP contribution in [0.3, 0.4) is 0 Å². The molecule has 53 heavy (non-hydrogen) atoms. The topological polar surface area (TPSA) is 93.2 Å². The van der Waals surface area contributed by atoms with Gasteiger partial charge in [0.1, 0.15) is 17.2 Å². The van der Waals surface area contributed by atoms with E-state index in [-0.39, 0.29) is 23.5 Å². The number of hydrogen-bond acceptors (Lipinski definition) is 6. The van der Waals surface area contributed by atoms with Crippen LogP contribution in [0.2, 0.25) is 0 Å². The van der Waals surface area contributed by atoms with Crippen molar-refractivity contribution in [2.45, 2.75) is 84.1 Å². The van der Waals surface area contributed by atoms with Crippen molar-refractivity contribution in [3.8, 4) is 11.5 Å². The van der Waals surface area contributed by atoms with E-state index < -0.39 is 11.8 Å². The summed E-state index contributed by atoms with van der Waals surface area (Å²) in [7, 11) is 2.98. The van der Waals surface area contributed by atoms with Crippen LogP contribution in [0.15, 0.2) is 66.7 Å². The van der Waals surface area contributed by atoms with Crippen LogP contribution in [-0.2, 0) is 0 Å². The lowest BCUT2D eigenvalue weighted by molar-refractivity contribution is 0.0516. The number of para-hydroxylation sites is 1. The molecule has 0 atom stereocenters. The maximum Gasteiger partial charge on any atom is 0.266 e. The number of rotatable bonds is 14. The molecule has 8 heteroatoms. The number of hydrogen-bond donors (Lipinski definition) is 0. The highest BCUT2D eigenvalue weighted by atomic mass is 16.5. The zero-order chi connectivity index (χ0) is 37.0. The summed E-state index contributed by atoms with van der Waals surface area (Å²) >= 11 is 0. The minimum Gasteiger partial charge on any atom is -0.494 e. The molecule has 270 valence electrons. The standard InChI is InChI=1S/C45H44N2O6/c1-5-7-9-11-14-26(15-12-10-8-6-2)46-42(48)31-22-18-27-29-20-24-33-40-34(45(51)47(44(33)50)41-35(52-3)16-13-17-36(41)53-4)25-21-30(38(29)40)28-19-23-32(43(46)49)39(31)37(27)28/h13,16-26H,5-12,14-15H2,1-4H3. The number of anilines is 1. The molecule has 2 aliphatic heterocycles. The second kappa shape index (κ2) is 13.8. The van der Waals surface area contributed by atoms with E-state index in [1.807, 2.05) is 36.4 Å². The first kappa shape index (κ1) is 34.6. The number of unbranched alkanes of at least 4 members (excludes halogenated alkanes) is 6. The Hall–Kier alpha value is -5.50. The average Bonchev–Trinajstić information content (AvgIpc) is 3.18. The van der Waals surface area contributed by atoms with Gasteiger partial charge in [0, 0.05) is 39.1 Å². The minimum absolute atomic E-state index is 0.138. The molecule has 0 radical (unpaired) electrons. The largest absolute Gasteiger partial charge is 0.494 e. The van der Waals surface area contributed by atoms with E-state index in [4.69, 9.17) is 9.47 Å². The predicted molar refractivity (Wildman–Crippen MR) is 210 cm³/mol. The van der Waals surface area contributed by atoms with E-state index in [9.17, 15) is 19.2 Å². The van der Waals surface area contributed by atoms with Crippen molar-refractivity contribution in [2.24, 2.45) is 0 Å². The molecular formula is C45H44N2O6. The van der Waals surface area contributed by atoms with Gasteiger partial charge in [0.05, 0.1) is 14.2 Å². The molecule has 8 nitrogen and oxygen atoms in total. The Bertz CT molecular complexity index is 2310. The van der Waals surface area contributed by atoms with Crippen LogP contribution in [0.4, 0.5) is 5.69 Å². The Balaban J connectivity index is 1.27. The number of nitrogens with zero attached hydrogens (tertiary/aromatic N) is 2. The highest BCUT2D eigenvalue weighted by molar-refractivity contribution is 6.44. The zero-order valence-electron chi connectivity index (χ0n) is 30.8. The Morgan fingerprint density at radius 1 is 0.491 bits per heavy atom. The molecule has 2 aliphatic rings. The van der Waals surface area contributed by atoms with Crippen LogP contribution in [0.1, 0.15) is 119 Å². The first-order chi connectivity index (χ1) is 25.9. The van der Waals surface area contributed by atoms with E-state index >= 15 is 0 Å². The highest BCUT2D eigenvalue weighted by Crippen LogP contribution is 2.48. The third kappa shape index (κ3) is 5.24. The Kier molecular flexibility index (Phi) is 9.01. The van der Waals surface area contributed by atoms with Crippen molar-refractivity contribution in [1.82, 2.24) is 4.90 Å². The van der Waals surface area contributed by atoms with E-state index in [1.165, 1.54) is 14.2 Å². The number of methoxy groups -OCH3 is 2. The maximum absolute atomic E-state index is 14.5. The van der Waals surface area contributed by atoms with Crippen molar-refractivity contribution in [3.05, 3.63) is 89.0 Å². The lowest BCUT2D eigenvalue weighted by Crippen LogP contribution is -2.47. The van der Waals surface area contributed by atoms with Crippen LogP contribution in [0.25, 0.3) is 43.1 Å². The molecule has 8 rings (SSSR count). The van der Waals surface area contributed by atoms with Crippen LogP contribution < -0.4 is 14.4 Å². The fourth-order valence-corrected chi connectivity index (χ4v) is 8.89. The monoisotopic (exact) mass is 708 g/mol. The van der Waals surface area contributed by atoms with Gasteiger partial charge in [0.2, 0.25) is 0 Å². The number of carbonyl (C=O) groups excluding carboxylic acids is 4. The highest BCUT2D eigenvalue weighted by Gasteiger charge is 2.40. The lowest BCUT2D eigenvalue weighted by atomic mass is 9.82. The molecule has 0 spiro atoms. The van der Waals surface area contributed by atoms with Gasteiger partial charge in [0.25, 0.3) is 23.6 Å². The van der Waals surface area contributed by atoms with Crippen LogP contribution in [-0.4, -0.2) is 48.8 Å². The summed E-state index contributed by atoms with van der Waals surface area (Å²) in [5, 5.41) is 6.38. The number of carbonyl (C=O) groups is 4. The van der Waals surface area contributed by atoms with Gasteiger partial charge in [-0.05, 0) is 81.6 Å². The summed E-state index contributed by atoms with van der Waals surface area (Å²) in [6.45, 7) is 4.38. The van der Waals surface area contributed by atoms with Gasteiger partial charge in [-0.15, -0.1) is 0 Å². The first-order valence-corrected chi connectivity index (χ1v) is 19.0. The molecule has 6 aromatic carbocycles. The summed E-state index contributed by atoms with van der Waals surface area (Å²) in [6.07, 6.45) is 10.3. The summed E-state index contributed by atoms with van der Waals surface area (Å²) in [6, 6.07) is 20.1. The Morgan fingerprint density at radius 3 is 1.26 bits per heavy atom. The quantitative estimate of drug-likeness (QED) is 0.0484. The fourth-order valence-electron chi connectivity index (χ4n) is 8.89. The van der Waals surface area contributed by atoms with Crippen LogP contribution in [0, 0.1) is 0 Å². The summed E-state index contributed by atoms with van der Waals surface area (Å²) < 4.78 is 11.2. The molecule has 0 N–H and O–H groups in total. The Labute approximate surface area is 309 Å². The molecule has 0 saturated heterocycles. The van der Waals surface area contributed by atoms with E-state index in [0.29, 0.717) is 44.5 Å². The second-order valence-corrected chi connectivity index (χ2v) is 14.4. The van der Waals surface area contributed by atoms with Crippen molar-refractivity contribution in [1.29, 1.82) is 0 Å². The molecule has 0 aliphatic carbocycles. The van der Waals surface area contributed by atoms with Crippen molar-refractivity contribution < 1.29 is 28.7 Å². The number of imide groups is 2. The number of amides is 4. The normalized spacial score (nSPS) is 14.3. The molecular weight excluding hydrogens is 665 g/mol. The maximum atomic E-state index is 14.5. The first-order valence-electron chi connectivity index (χ1n) is 19.0. The number of fused-ring (bicyclic) bond motifs is 2. The van der Waals surface area contributed by atoms with Gasteiger partial charge in [-0.3, -0.25) is 24.1 Å². The molecule has 0 aromatic heterocycles. The average molecular weight is 709 g/mol. The van der Waals surface area contributed by atoms with E-state index in [1.54, 1.807) is 35.2 Å². The molecule has 0 bridgehead atoms. The summed E-state index contributed by atoms with van der Waals surface area (Å²) in [4.78, 5) is 60.3. The van der Waals surface area contributed by atoms with Gasteiger partial charge in [-0.25, -0.2) is 4.90 Å². The van der Waals surface area contributed by atoms with Crippen LogP contribution >= 0.6 is 0 Å². The van der Waals surface area contributed by atoms with Gasteiger partial charge in [-0.1, -0.05) is 95.5 Å². The Morgan fingerprint density at radius 2 is 0.887 bits per heavy atom. The molecule has 0 fully saturated rings. The third-order valence-electron chi connectivity index (χ3n) is 11.4. The van der Waals surface area contributed by atoms with Crippen LogP contribution in [0.5, 0.6) is 11.5 Å². The number of ether oxygens (including phenoxy) is 2. The molecule has 0 unspecified atom stereocenters. The van der Waals surface area contributed by atoms with Gasteiger partial charge in [-0.2, -0.15) is 0 Å². The van der Waals surface area contributed by atoms with Gasteiger partial charge < -0.3 is 9.47 Å². The molecule has 4 amide bonds. The zero-order valence-corrected chi connectivity index (χ0v) is 30.8. The van der Waals surface area contributed by atoms with Gasteiger partial charge >= 0.3 is 0 Å². The third-order valence-corrected chi connectivity index (χ3v) is 11.4. The predicted octanol–water partition coefficient (Wildman–Crippen LogP) is 10.5. The van der Waals surface area contributed by atoms with E-state index in [2.05, 4.69) is 13.8 Å². The lowest BCUT2D eigenvalue weighted by Gasteiger charge is -2.35. The molecule has 2 heterocycles. The SMILES string of the molecule is CCCCCCC(CCCCCC)N1C(=O)c2ccc3c4ccc5c6c(ccc(c7ccc(c2c37)C1=O)c64)C(=O)N(c1c(OC)cccc1OC)C5=O. The summed E-state index contributed by atoms with van der Waals surface area (Å²) in [5.74, 6) is -0.699.